The molecule has 3 aromatic rings. The fraction of sp³-hybridized carbons (Fsp3) is 0.120. The van der Waals surface area contributed by atoms with E-state index in [-0.39, 0.29) is 34.4 Å². The number of allylic oxidation sites excluding steroid dienone is 1. The second-order valence-electron chi connectivity index (χ2n) is 8.16. The van der Waals surface area contributed by atoms with E-state index in [1.807, 2.05) is 18.2 Å². The fourth-order valence-electron chi connectivity index (χ4n) is 6.19. The van der Waals surface area contributed by atoms with Crippen LogP contribution in [-0.4, -0.2) is 10.2 Å². The van der Waals surface area contributed by atoms with E-state index in [0.29, 0.717) is 14.0 Å². The first-order valence-electron chi connectivity index (χ1n) is 9.82. The first kappa shape index (κ1) is 17.4. The monoisotopic (exact) mass is 436 g/mol. The van der Waals surface area contributed by atoms with Gasteiger partial charge in [-0.3, -0.25) is 0 Å². The van der Waals surface area contributed by atoms with Crippen molar-refractivity contribution in [2.75, 3.05) is 0 Å². The summed E-state index contributed by atoms with van der Waals surface area (Å²) in [6.07, 6.45) is 0. The number of thioether (sulfide) groups is 2. The van der Waals surface area contributed by atoms with E-state index < -0.39 is 0 Å². The molecular weight excluding hydrogens is 424 g/mol. The van der Waals surface area contributed by atoms with Crippen molar-refractivity contribution >= 4 is 23.5 Å². The van der Waals surface area contributed by atoms with Crippen LogP contribution in [0.3, 0.4) is 0 Å². The molecule has 2 atom stereocenters. The molecule has 2 unspecified atom stereocenters. The minimum Gasteiger partial charge on any atom is -0.506 e. The van der Waals surface area contributed by atoms with Crippen molar-refractivity contribution < 1.29 is 10.2 Å². The third kappa shape index (κ3) is 1.67. The first-order chi connectivity index (χ1) is 15.1. The van der Waals surface area contributed by atoms with E-state index in [2.05, 4.69) is 41.2 Å². The van der Waals surface area contributed by atoms with Crippen molar-refractivity contribution in [2.24, 2.45) is 0 Å². The predicted molar refractivity (Wildman–Crippen MR) is 118 cm³/mol. The first-order valence-corrected chi connectivity index (χ1v) is 11.5. The Morgan fingerprint density at radius 1 is 0.903 bits per heavy atom. The van der Waals surface area contributed by atoms with Gasteiger partial charge in [-0.1, -0.05) is 72.1 Å². The van der Waals surface area contributed by atoms with Crippen LogP contribution in [0.1, 0.15) is 45.2 Å². The number of hydrogen-bond donors (Lipinski definition) is 2. The number of phenolic OH excluding ortho intramolecular Hbond substituents is 2. The molecule has 146 valence electrons. The van der Waals surface area contributed by atoms with Gasteiger partial charge in [-0.25, -0.2) is 10.1 Å². The van der Waals surface area contributed by atoms with E-state index in [9.17, 15) is 15.5 Å². The second-order valence-corrected chi connectivity index (χ2v) is 10.5. The van der Waals surface area contributed by atoms with Gasteiger partial charge in [-0.2, -0.15) is 0 Å². The largest absolute Gasteiger partial charge is 0.506 e. The molecule has 7 rings (SSSR count). The maximum Gasteiger partial charge on any atom is 0.282 e. The minimum absolute atomic E-state index is 0.00951. The Labute approximate surface area is 186 Å². The number of phenols is 2. The molecule has 1 aliphatic heterocycles. The molecule has 2 N–H and O–H groups in total. The van der Waals surface area contributed by atoms with Gasteiger partial charge in [-0.15, -0.1) is 0 Å². The molecular formula is C25H12N2O2S2. The molecule has 4 nitrogen and oxygen atoms in total. The Morgan fingerprint density at radius 3 is 1.84 bits per heavy atom. The van der Waals surface area contributed by atoms with Gasteiger partial charge in [0.2, 0.25) is 0 Å². The molecule has 0 fully saturated rings. The molecule has 6 heteroatoms. The molecule has 0 aromatic heterocycles. The average Bonchev–Trinajstić information content (AvgIpc) is 3.30. The van der Waals surface area contributed by atoms with Crippen LogP contribution in [0.15, 0.2) is 68.3 Å². The molecule has 3 aliphatic carbocycles. The summed E-state index contributed by atoms with van der Waals surface area (Å²) in [6.45, 7) is 7.26. The van der Waals surface area contributed by atoms with Crippen molar-refractivity contribution in [1.82, 2.24) is 0 Å². The molecule has 1 spiro atoms. The summed E-state index contributed by atoms with van der Waals surface area (Å²) in [5.41, 5.74) is 6.29. The van der Waals surface area contributed by atoms with Crippen LogP contribution in [0.5, 0.6) is 11.5 Å². The van der Waals surface area contributed by atoms with E-state index in [1.165, 1.54) is 45.8 Å². The van der Waals surface area contributed by atoms with Crippen molar-refractivity contribution in [1.29, 1.82) is 5.26 Å². The molecule has 0 amide bonds. The lowest BCUT2D eigenvalue weighted by atomic mass is 9.43. The Morgan fingerprint density at radius 2 is 1.39 bits per heavy atom. The zero-order chi connectivity index (χ0) is 21.1. The normalized spacial score (nSPS) is 24.8. The highest BCUT2D eigenvalue weighted by atomic mass is 32.2. The van der Waals surface area contributed by atoms with Crippen LogP contribution in [0.4, 0.5) is 0 Å². The Balaban J connectivity index is 1.55. The third-order valence-electron chi connectivity index (χ3n) is 7.16. The van der Waals surface area contributed by atoms with Crippen LogP contribution >= 0.6 is 23.5 Å². The average molecular weight is 437 g/mol. The minimum atomic E-state index is -0.234. The van der Waals surface area contributed by atoms with Crippen LogP contribution < -0.4 is 0 Å². The molecule has 31 heavy (non-hydrogen) atoms. The highest BCUT2D eigenvalue weighted by Crippen LogP contribution is 2.80. The number of nitrogens with zero attached hydrogens (tertiary/aromatic N) is 2. The van der Waals surface area contributed by atoms with Gasteiger partial charge in [-0.05, 0) is 22.3 Å². The molecule has 4 aliphatic rings. The van der Waals surface area contributed by atoms with E-state index in [4.69, 9.17) is 6.57 Å². The quantitative estimate of drug-likeness (QED) is 0.265. The lowest BCUT2D eigenvalue weighted by Gasteiger charge is -2.58. The summed E-state index contributed by atoms with van der Waals surface area (Å²) in [5, 5.41) is 32.2. The number of fused-ring (bicyclic) bond motifs is 8. The Hall–Kier alpha value is -3.32. The van der Waals surface area contributed by atoms with E-state index in [0.717, 1.165) is 11.1 Å². The number of benzene rings is 3. The third-order valence-corrected chi connectivity index (χ3v) is 9.75. The number of hydrogen-bond acceptors (Lipinski definition) is 5. The lowest BCUT2D eigenvalue weighted by Crippen LogP contribution is -2.52. The fourth-order valence-corrected chi connectivity index (χ4v) is 8.65. The summed E-state index contributed by atoms with van der Waals surface area (Å²) in [4.78, 5) is 4.41. The molecule has 0 saturated carbocycles. The van der Waals surface area contributed by atoms with E-state index in [1.54, 1.807) is 0 Å². The second kappa shape index (κ2) is 5.48. The number of aromatic hydroxyl groups is 2. The van der Waals surface area contributed by atoms with Crippen LogP contribution in [0, 0.1) is 17.9 Å². The van der Waals surface area contributed by atoms with Crippen molar-refractivity contribution in [2.45, 2.75) is 27.0 Å². The maximum atomic E-state index is 11.5. The van der Waals surface area contributed by atoms with Gasteiger partial charge in [0.15, 0.2) is 0 Å². The summed E-state index contributed by atoms with van der Waals surface area (Å²) in [5.74, 6) is 0.336. The van der Waals surface area contributed by atoms with Gasteiger partial charge >= 0.3 is 0 Å². The zero-order valence-corrected chi connectivity index (χ0v) is 17.5. The summed E-state index contributed by atoms with van der Waals surface area (Å²) in [7, 11) is 0. The maximum absolute atomic E-state index is 11.5. The van der Waals surface area contributed by atoms with Crippen molar-refractivity contribution in [3.63, 3.8) is 0 Å². The Kier molecular flexibility index (Phi) is 3.07. The predicted octanol–water partition coefficient (Wildman–Crippen LogP) is 5.80. The summed E-state index contributed by atoms with van der Waals surface area (Å²) in [6, 6.07) is 18.6. The Bertz CT molecular complexity index is 1400. The van der Waals surface area contributed by atoms with Crippen LogP contribution in [0.25, 0.3) is 4.85 Å². The van der Waals surface area contributed by atoms with Gasteiger partial charge in [0.1, 0.15) is 11.5 Å². The van der Waals surface area contributed by atoms with E-state index >= 15 is 0 Å². The molecule has 0 radical (unpaired) electrons. The van der Waals surface area contributed by atoms with Crippen molar-refractivity contribution in [3.8, 4) is 17.6 Å². The smallest absolute Gasteiger partial charge is 0.282 e. The molecule has 0 saturated heterocycles. The summed E-state index contributed by atoms with van der Waals surface area (Å²) < 4.78 is 0.510. The standard InChI is InChI=1S/C25H12N2O2S2/c1-27-15(10-26)24-30-22-20(28)16-17(21(29)23(22)31-24)19-12-7-3-5-9-14(12)25(19)13-8-4-2-6-11(13)18(16)25/h2-9,18-19,28-29H. The topological polar surface area (TPSA) is 68.6 Å². The molecule has 1 heterocycles. The van der Waals surface area contributed by atoms with Gasteiger partial charge in [0.05, 0.1) is 26.7 Å². The highest BCUT2D eigenvalue weighted by molar-refractivity contribution is 8.24. The lowest BCUT2D eigenvalue weighted by molar-refractivity contribution is 0.325. The highest BCUT2D eigenvalue weighted by Gasteiger charge is 2.71. The summed E-state index contributed by atoms with van der Waals surface area (Å²) >= 11 is 2.42. The SMILES string of the molecule is [C-]#[N+]C(C#N)=C1Sc2c(O)c3c(c(O)c2S1)C1c2ccccc2C12c1ccccc1C32. The van der Waals surface area contributed by atoms with Gasteiger partial charge in [0, 0.05) is 28.4 Å². The molecule has 0 bridgehead atoms. The van der Waals surface area contributed by atoms with Crippen molar-refractivity contribution in [3.05, 3.63) is 103 Å². The van der Waals surface area contributed by atoms with Crippen LogP contribution in [-0.2, 0) is 5.41 Å². The van der Waals surface area contributed by atoms with Crippen LogP contribution in [0.2, 0.25) is 0 Å². The van der Waals surface area contributed by atoms with Gasteiger partial charge in [0.25, 0.3) is 5.70 Å². The van der Waals surface area contributed by atoms with Gasteiger partial charge < -0.3 is 10.2 Å². The number of rotatable bonds is 0. The molecule has 3 aromatic carbocycles. The number of nitriles is 1. The zero-order valence-electron chi connectivity index (χ0n) is 15.9.